The van der Waals surface area contributed by atoms with Gasteiger partial charge in [-0.3, -0.25) is 4.79 Å². The lowest BCUT2D eigenvalue weighted by Gasteiger charge is -2.17. The van der Waals surface area contributed by atoms with Crippen LogP contribution in [0.25, 0.3) is 22.0 Å². The zero-order valence-electron chi connectivity index (χ0n) is 20.7. The van der Waals surface area contributed by atoms with Gasteiger partial charge in [-0.1, -0.05) is 54.6 Å². The van der Waals surface area contributed by atoms with Gasteiger partial charge < -0.3 is 14.8 Å². The third kappa shape index (κ3) is 5.02. The second-order valence-electron chi connectivity index (χ2n) is 9.73. The molecule has 0 atom stereocenters. The minimum atomic E-state index is -3.73. The summed E-state index contributed by atoms with van der Waals surface area (Å²) in [6.45, 7) is 0.170. The number of nitrogens with one attached hydrogen (secondary N) is 2. The van der Waals surface area contributed by atoms with Gasteiger partial charge in [-0.05, 0) is 47.6 Å². The average Bonchev–Trinajstić information content (AvgIpc) is 3.64. The summed E-state index contributed by atoms with van der Waals surface area (Å²) in [6, 6.07) is 21.2. The van der Waals surface area contributed by atoms with E-state index in [0.29, 0.717) is 29.9 Å². The molecule has 200 valence electrons. The van der Waals surface area contributed by atoms with Crippen LogP contribution in [0, 0.1) is 0 Å². The lowest BCUT2D eigenvalue weighted by Crippen LogP contribution is -2.28. The Kier molecular flexibility index (Phi) is 5.81. The van der Waals surface area contributed by atoms with Gasteiger partial charge >= 0.3 is 6.29 Å². The Morgan fingerprint density at radius 2 is 1.69 bits per heavy atom. The molecule has 2 N–H and O–H groups in total. The lowest BCUT2D eigenvalue weighted by molar-refractivity contribution is -0.286. The maximum atomic E-state index is 13.5. The molecule has 3 aromatic carbocycles. The number of carbonyl (C=O) groups excluding carboxylic acids is 1. The van der Waals surface area contributed by atoms with E-state index in [2.05, 4.69) is 19.5 Å². The molecule has 6 rings (SSSR count). The SMILES string of the molecule is CS(=O)(=O)NCc1ccc(-c2nc(NC(=O)C3(c4ccc5c(c4)OC(F)(F)O5)CC3)cc3ccccc23)cc1. The van der Waals surface area contributed by atoms with E-state index in [4.69, 9.17) is 4.98 Å². The number of sulfonamides is 1. The summed E-state index contributed by atoms with van der Waals surface area (Å²) in [5.41, 5.74) is 1.93. The minimum Gasteiger partial charge on any atom is -0.395 e. The van der Waals surface area contributed by atoms with E-state index in [1.165, 1.54) is 12.1 Å². The van der Waals surface area contributed by atoms with Gasteiger partial charge in [0.05, 0.1) is 17.4 Å². The highest BCUT2D eigenvalue weighted by molar-refractivity contribution is 7.88. The van der Waals surface area contributed by atoms with Crippen LogP contribution in [0.5, 0.6) is 11.5 Å². The van der Waals surface area contributed by atoms with Gasteiger partial charge in [-0.25, -0.2) is 18.1 Å². The predicted molar refractivity (Wildman–Crippen MR) is 141 cm³/mol. The Morgan fingerprint density at radius 3 is 2.41 bits per heavy atom. The van der Waals surface area contributed by atoms with E-state index >= 15 is 0 Å². The number of hydrogen-bond acceptors (Lipinski definition) is 6. The summed E-state index contributed by atoms with van der Waals surface area (Å²) >= 11 is 0. The fraction of sp³-hybridized carbons (Fsp3) is 0.214. The van der Waals surface area contributed by atoms with Crippen molar-refractivity contribution in [3.8, 4) is 22.8 Å². The Bertz CT molecular complexity index is 1720. The Labute approximate surface area is 223 Å². The smallest absolute Gasteiger partial charge is 0.395 e. The van der Waals surface area contributed by atoms with E-state index in [-0.39, 0.29) is 24.0 Å². The van der Waals surface area contributed by atoms with E-state index in [9.17, 15) is 22.0 Å². The topological polar surface area (TPSA) is 107 Å². The molecule has 1 aliphatic heterocycles. The Hall–Kier alpha value is -4.09. The summed E-state index contributed by atoms with van der Waals surface area (Å²) in [5.74, 6) is -0.101. The normalized spacial score (nSPS) is 16.7. The van der Waals surface area contributed by atoms with Crippen molar-refractivity contribution in [2.75, 3.05) is 11.6 Å². The molecule has 0 unspecified atom stereocenters. The highest BCUT2D eigenvalue weighted by Crippen LogP contribution is 2.52. The van der Waals surface area contributed by atoms with Crippen LogP contribution in [0.2, 0.25) is 0 Å². The summed E-state index contributed by atoms with van der Waals surface area (Å²) in [4.78, 5) is 18.2. The molecule has 0 radical (unpaired) electrons. The third-order valence-corrected chi connectivity index (χ3v) is 7.56. The maximum absolute atomic E-state index is 13.5. The van der Waals surface area contributed by atoms with Gasteiger partial charge in [0.1, 0.15) is 5.82 Å². The number of hydrogen-bond donors (Lipinski definition) is 2. The van der Waals surface area contributed by atoms with E-state index < -0.39 is 21.7 Å². The van der Waals surface area contributed by atoms with Crippen LogP contribution in [0.15, 0.2) is 72.8 Å². The first-order chi connectivity index (χ1) is 18.5. The minimum absolute atomic E-state index is 0.0704. The molecule has 1 aliphatic carbocycles. The molecule has 1 aromatic heterocycles. The number of anilines is 1. The van der Waals surface area contributed by atoms with Crippen molar-refractivity contribution in [3.63, 3.8) is 0 Å². The molecule has 0 spiro atoms. The zero-order chi connectivity index (χ0) is 27.4. The molecule has 1 amide bonds. The number of amides is 1. The van der Waals surface area contributed by atoms with Crippen molar-refractivity contribution in [1.29, 1.82) is 0 Å². The molecule has 1 fully saturated rings. The molecule has 2 heterocycles. The number of carbonyl (C=O) groups is 1. The van der Waals surface area contributed by atoms with Crippen molar-refractivity contribution in [2.24, 2.45) is 0 Å². The van der Waals surface area contributed by atoms with E-state index in [0.717, 1.165) is 28.2 Å². The fourth-order valence-electron chi connectivity index (χ4n) is 4.73. The van der Waals surface area contributed by atoms with Crippen molar-refractivity contribution in [3.05, 3.63) is 83.9 Å². The highest BCUT2D eigenvalue weighted by Gasteiger charge is 2.53. The number of nitrogens with zero attached hydrogens (tertiary/aromatic N) is 1. The Balaban J connectivity index is 1.29. The van der Waals surface area contributed by atoms with Crippen molar-refractivity contribution in [1.82, 2.24) is 9.71 Å². The van der Waals surface area contributed by atoms with E-state index in [1.807, 2.05) is 48.5 Å². The summed E-state index contributed by atoms with van der Waals surface area (Å²) < 4.78 is 61.3. The number of fused-ring (bicyclic) bond motifs is 2. The molecule has 11 heteroatoms. The number of pyridine rings is 1. The largest absolute Gasteiger partial charge is 0.586 e. The summed E-state index contributed by atoms with van der Waals surface area (Å²) in [7, 11) is -3.32. The number of alkyl halides is 2. The zero-order valence-corrected chi connectivity index (χ0v) is 21.5. The molecule has 0 saturated heterocycles. The number of aromatic nitrogens is 1. The first kappa shape index (κ1) is 25.2. The fourth-order valence-corrected chi connectivity index (χ4v) is 5.16. The molecule has 2 aliphatic rings. The molecule has 1 saturated carbocycles. The van der Waals surface area contributed by atoms with Crippen LogP contribution >= 0.6 is 0 Å². The lowest BCUT2D eigenvalue weighted by atomic mass is 9.94. The highest BCUT2D eigenvalue weighted by atomic mass is 32.2. The third-order valence-electron chi connectivity index (χ3n) is 6.89. The standard InChI is InChI=1S/C28H23F2N3O5S/c1-39(35,36)31-16-17-6-8-18(9-7-17)25-21-5-3-2-4-19(21)14-24(32-25)33-26(34)27(12-13-27)20-10-11-22-23(15-20)38-28(29,30)37-22/h2-11,14-15,31H,12-13,16H2,1H3,(H,32,33,34). The molecular formula is C28H23F2N3O5S. The Morgan fingerprint density at radius 1 is 0.974 bits per heavy atom. The molecule has 0 bridgehead atoms. The average molecular weight is 552 g/mol. The summed E-state index contributed by atoms with van der Waals surface area (Å²) in [6.07, 6.45) is -1.52. The second-order valence-corrected chi connectivity index (χ2v) is 11.6. The molecule has 4 aromatic rings. The van der Waals surface area contributed by atoms with Gasteiger partial charge in [0.15, 0.2) is 11.5 Å². The van der Waals surface area contributed by atoms with Crippen molar-refractivity contribution in [2.45, 2.75) is 31.1 Å². The van der Waals surface area contributed by atoms with Gasteiger partial charge in [0, 0.05) is 17.5 Å². The first-order valence-corrected chi connectivity index (χ1v) is 14.1. The van der Waals surface area contributed by atoms with Crippen LogP contribution < -0.4 is 19.5 Å². The van der Waals surface area contributed by atoms with Gasteiger partial charge in [0.2, 0.25) is 15.9 Å². The van der Waals surface area contributed by atoms with Crippen LogP contribution in [0.4, 0.5) is 14.6 Å². The number of ether oxygens (including phenoxy) is 2. The van der Waals surface area contributed by atoms with Crippen molar-refractivity contribution >= 4 is 32.5 Å². The quantitative estimate of drug-likeness (QED) is 0.337. The van der Waals surface area contributed by atoms with Gasteiger partial charge in [-0.15, -0.1) is 8.78 Å². The van der Waals surface area contributed by atoms with Gasteiger partial charge in [0.25, 0.3) is 0 Å². The van der Waals surface area contributed by atoms with Crippen LogP contribution in [-0.2, 0) is 26.8 Å². The number of rotatable bonds is 7. The van der Waals surface area contributed by atoms with Crippen molar-refractivity contribution < 1.29 is 31.5 Å². The van der Waals surface area contributed by atoms with E-state index in [1.54, 1.807) is 12.1 Å². The predicted octanol–water partition coefficient (Wildman–Crippen LogP) is 4.94. The molecular weight excluding hydrogens is 528 g/mol. The summed E-state index contributed by atoms with van der Waals surface area (Å²) in [5, 5.41) is 4.69. The number of benzene rings is 3. The van der Waals surface area contributed by atoms with Gasteiger partial charge in [-0.2, -0.15) is 0 Å². The second kappa shape index (κ2) is 8.99. The molecule has 8 nitrogen and oxygen atoms in total. The first-order valence-electron chi connectivity index (χ1n) is 12.2. The maximum Gasteiger partial charge on any atom is 0.586 e. The van der Waals surface area contributed by atoms with Crippen LogP contribution in [-0.4, -0.2) is 31.9 Å². The molecule has 39 heavy (non-hydrogen) atoms. The number of halogens is 2. The van der Waals surface area contributed by atoms with Crippen LogP contribution in [0.1, 0.15) is 24.0 Å². The monoisotopic (exact) mass is 551 g/mol. The van der Waals surface area contributed by atoms with Crippen LogP contribution in [0.3, 0.4) is 0 Å².